The molecule has 0 aliphatic heterocycles. The van der Waals surface area contributed by atoms with Crippen molar-refractivity contribution in [3.63, 3.8) is 0 Å². The van der Waals surface area contributed by atoms with Gasteiger partial charge >= 0.3 is 0 Å². The molecular formula is C12H5Cl2F4N. The van der Waals surface area contributed by atoms with Crippen molar-refractivity contribution < 1.29 is 17.6 Å². The molecule has 1 nitrogen and oxygen atoms in total. The first-order valence-electron chi connectivity index (χ1n) is 4.91. The Balaban J connectivity index is 2.87. The van der Waals surface area contributed by atoms with E-state index < -0.39 is 34.5 Å². The summed E-state index contributed by atoms with van der Waals surface area (Å²) in [6, 6.07) is 3.72. The summed E-state index contributed by atoms with van der Waals surface area (Å²) in [5, 5.41) is 0.00149. The zero-order valence-corrected chi connectivity index (χ0v) is 10.6. The van der Waals surface area contributed by atoms with Crippen molar-refractivity contribution in [1.82, 2.24) is 0 Å². The van der Waals surface area contributed by atoms with Gasteiger partial charge in [-0.3, -0.25) is 0 Å². The lowest BCUT2D eigenvalue weighted by Crippen LogP contribution is -2.05. The summed E-state index contributed by atoms with van der Waals surface area (Å²) in [5.74, 6) is -6.60. The molecule has 19 heavy (non-hydrogen) atoms. The lowest BCUT2D eigenvalue weighted by atomic mass is 10.0. The molecule has 0 spiro atoms. The first kappa shape index (κ1) is 14.0. The number of nitrogen functional groups attached to an aromatic ring is 1. The summed E-state index contributed by atoms with van der Waals surface area (Å²) in [6.07, 6.45) is 0. The Labute approximate surface area is 115 Å². The van der Waals surface area contributed by atoms with Crippen LogP contribution in [-0.4, -0.2) is 0 Å². The Hall–Kier alpha value is -1.46. The Bertz CT molecular complexity index is 644. The average Bonchev–Trinajstić information content (AvgIpc) is 2.38. The third-order valence-corrected chi connectivity index (χ3v) is 3.06. The maximum atomic E-state index is 13.7. The second kappa shape index (κ2) is 4.90. The van der Waals surface area contributed by atoms with E-state index in [9.17, 15) is 17.6 Å². The lowest BCUT2D eigenvalue weighted by Gasteiger charge is -2.11. The van der Waals surface area contributed by atoms with Crippen LogP contribution in [-0.2, 0) is 0 Å². The maximum Gasteiger partial charge on any atom is 0.185 e. The van der Waals surface area contributed by atoms with Crippen molar-refractivity contribution in [2.75, 3.05) is 5.73 Å². The highest BCUT2D eigenvalue weighted by molar-refractivity contribution is 6.35. The molecule has 2 aromatic rings. The first-order chi connectivity index (χ1) is 8.84. The predicted molar refractivity (Wildman–Crippen MR) is 66.1 cm³/mol. The van der Waals surface area contributed by atoms with Crippen molar-refractivity contribution in [3.05, 3.63) is 51.5 Å². The van der Waals surface area contributed by atoms with Crippen LogP contribution in [0.15, 0.2) is 18.2 Å². The number of halogens is 6. The summed E-state index contributed by atoms with van der Waals surface area (Å²) in [7, 11) is 0. The zero-order valence-electron chi connectivity index (χ0n) is 9.08. The maximum absolute atomic E-state index is 13.7. The van der Waals surface area contributed by atoms with E-state index in [0.29, 0.717) is 0 Å². The van der Waals surface area contributed by atoms with Gasteiger partial charge in [0.25, 0.3) is 0 Å². The number of nitrogens with two attached hydrogens (primary N) is 1. The minimum absolute atomic E-state index is 0.106. The number of anilines is 1. The standard InChI is InChI=1S/C12H5Cl2F4N/c13-4-1-2-6(14)5(3-4)7-8(15)10(17)12(19)11(18)9(7)16/h1-3H,19H2. The summed E-state index contributed by atoms with van der Waals surface area (Å²) in [6.45, 7) is 0. The zero-order chi connectivity index (χ0) is 14.3. The molecule has 0 saturated heterocycles. The second-order valence-electron chi connectivity index (χ2n) is 3.67. The topological polar surface area (TPSA) is 26.0 Å². The van der Waals surface area contributed by atoms with Crippen LogP contribution in [0.3, 0.4) is 0 Å². The molecule has 100 valence electrons. The Kier molecular flexibility index (Phi) is 3.60. The van der Waals surface area contributed by atoms with E-state index in [4.69, 9.17) is 28.9 Å². The third-order valence-electron chi connectivity index (χ3n) is 2.50. The number of rotatable bonds is 1. The van der Waals surface area contributed by atoms with Crippen LogP contribution in [0.5, 0.6) is 0 Å². The van der Waals surface area contributed by atoms with E-state index in [0.717, 1.165) is 6.07 Å². The van der Waals surface area contributed by atoms with Gasteiger partial charge in [0.2, 0.25) is 0 Å². The molecule has 0 atom stereocenters. The molecule has 2 N–H and O–H groups in total. The van der Waals surface area contributed by atoms with Crippen molar-refractivity contribution in [2.24, 2.45) is 0 Å². The third kappa shape index (κ3) is 2.24. The summed E-state index contributed by atoms with van der Waals surface area (Å²) < 4.78 is 54.2. The quantitative estimate of drug-likeness (QED) is 0.457. The highest BCUT2D eigenvalue weighted by atomic mass is 35.5. The molecule has 7 heteroatoms. The van der Waals surface area contributed by atoms with Crippen LogP contribution in [0, 0.1) is 23.3 Å². The molecule has 2 rings (SSSR count). The number of hydrogen-bond donors (Lipinski definition) is 1. The van der Waals surface area contributed by atoms with Crippen LogP contribution in [0.2, 0.25) is 10.0 Å². The fourth-order valence-corrected chi connectivity index (χ4v) is 1.96. The van der Waals surface area contributed by atoms with Gasteiger partial charge in [-0.25, -0.2) is 17.6 Å². The normalized spacial score (nSPS) is 10.8. The highest BCUT2D eigenvalue weighted by Gasteiger charge is 2.26. The molecule has 0 radical (unpaired) electrons. The molecule has 0 aliphatic rings. The van der Waals surface area contributed by atoms with E-state index in [2.05, 4.69) is 0 Å². The molecule has 2 aromatic carbocycles. The van der Waals surface area contributed by atoms with E-state index in [1.807, 2.05) is 0 Å². The van der Waals surface area contributed by atoms with Crippen molar-refractivity contribution in [3.8, 4) is 11.1 Å². The van der Waals surface area contributed by atoms with Gasteiger partial charge in [-0.2, -0.15) is 0 Å². The van der Waals surface area contributed by atoms with Crippen molar-refractivity contribution in [1.29, 1.82) is 0 Å². The van der Waals surface area contributed by atoms with Crippen LogP contribution < -0.4 is 5.73 Å². The van der Waals surface area contributed by atoms with Crippen LogP contribution in [0.25, 0.3) is 11.1 Å². The SMILES string of the molecule is Nc1c(F)c(F)c(-c2cc(Cl)ccc2Cl)c(F)c1F. The molecule has 0 aliphatic carbocycles. The molecule has 0 unspecified atom stereocenters. The van der Waals surface area contributed by atoms with Gasteiger partial charge in [-0.15, -0.1) is 0 Å². The molecule has 0 bridgehead atoms. The van der Waals surface area contributed by atoms with Crippen LogP contribution in [0.4, 0.5) is 23.2 Å². The summed E-state index contributed by atoms with van der Waals surface area (Å²) in [4.78, 5) is 0. The minimum Gasteiger partial charge on any atom is -0.394 e. The van der Waals surface area contributed by atoms with Crippen LogP contribution >= 0.6 is 23.2 Å². The van der Waals surface area contributed by atoms with E-state index in [1.165, 1.54) is 12.1 Å². The highest BCUT2D eigenvalue weighted by Crippen LogP contribution is 2.37. The smallest absolute Gasteiger partial charge is 0.185 e. The Morgan fingerprint density at radius 1 is 0.842 bits per heavy atom. The molecule has 0 heterocycles. The van der Waals surface area contributed by atoms with Crippen molar-refractivity contribution >= 4 is 28.9 Å². The van der Waals surface area contributed by atoms with Crippen LogP contribution in [0.1, 0.15) is 0 Å². The van der Waals surface area contributed by atoms with E-state index in [-0.39, 0.29) is 15.6 Å². The fourth-order valence-electron chi connectivity index (χ4n) is 1.57. The minimum atomic E-state index is -1.68. The van der Waals surface area contributed by atoms with Gasteiger partial charge in [0.15, 0.2) is 23.3 Å². The molecule has 0 aromatic heterocycles. The van der Waals surface area contributed by atoms with Crippen molar-refractivity contribution in [2.45, 2.75) is 0 Å². The average molecular weight is 310 g/mol. The van der Waals surface area contributed by atoms with Gasteiger partial charge in [0.05, 0.1) is 5.56 Å². The Morgan fingerprint density at radius 2 is 1.37 bits per heavy atom. The Morgan fingerprint density at radius 3 is 1.89 bits per heavy atom. The molecule has 0 saturated carbocycles. The predicted octanol–water partition coefficient (Wildman–Crippen LogP) is 4.80. The van der Waals surface area contributed by atoms with Gasteiger partial charge in [-0.1, -0.05) is 23.2 Å². The second-order valence-corrected chi connectivity index (χ2v) is 4.51. The van der Waals surface area contributed by atoms with E-state index >= 15 is 0 Å². The van der Waals surface area contributed by atoms with Gasteiger partial charge in [-0.05, 0) is 18.2 Å². The molecule has 0 amide bonds. The van der Waals surface area contributed by atoms with Gasteiger partial charge < -0.3 is 5.73 Å². The fraction of sp³-hybridized carbons (Fsp3) is 0. The first-order valence-corrected chi connectivity index (χ1v) is 5.67. The number of hydrogen-bond acceptors (Lipinski definition) is 1. The van der Waals surface area contributed by atoms with E-state index in [1.54, 1.807) is 0 Å². The molecular weight excluding hydrogens is 305 g/mol. The summed E-state index contributed by atoms with van der Waals surface area (Å²) in [5.41, 5.74) is 2.47. The molecule has 0 fully saturated rings. The van der Waals surface area contributed by atoms with Gasteiger partial charge in [0.1, 0.15) is 5.69 Å². The summed E-state index contributed by atoms with van der Waals surface area (Å²) >= 11 is 11.4. The van der Waals surface area contributed by atoms with Gasteiger partial charge in [0, 0.05) is 15.6 Å². The number of benzene rings is 2. The lowest BCUT2D eigenvalue weighted by molar-refractivity contribution is 0.464. The largest absolute Gasteiger partial charge is 0.394 e. The monoisotopic (exact) mass is 309 g/mol.